The summed E-state index contributed by atoms with van der Waals surface area (Å²) in [7, 11) is 4.39. The predicted octanol–water partition coefficient (Wildman–Crippen LogP) is 7.31. The van der Waals surface area contributed by atoms with Crippen LogP contribution >= 0.6 is 0 Å². The fraction of sp³-hybridized carbons (Fsp3) is 0.567. The number of hydrogen-bond donors (Lipinski definition) is 0. The Balaban J connectivity index is 1.53. The van der Waals surface area contributed by atoms with Gasteiger partial charge in [-0.1, -0.05) is 94.3 Å². The topological polar surface area (TPSA) is 35.5 Å². The molecule has 0 aromatic heterocycles. The molecule has 0 radical (unpaired) electrons. The number of carbonyl (C=O) groups is 1. The van der Waals surface area contributed by atoms with Gasteiger partial charge in [-0.2, -0.15) is 0 Å². The largest absolute Gasteiger partial charge is 0.457 e. The van der Waals surface area contributed by atoms with Gasteiger partial charge in [0.1, 0.15) is 12.3 Å². The van der Waals surface area contributed by atoms with Crippen LogP contribution in [0.4, 0.5) is 0 Å². The Hall–Kier alpha value is -2.33. The number of ether oxygens (including phenoxy) is 2. The molecule has 0 aliphatic rings. The van der Waals surface area contributed by atoms with Crippen molar-refractivity contribution in [1.29, 1.82) is 0 Å². The summed E-state index contributed by atoms with van der Waals surface area (Å²) in [4.78, 5) is 12.1. The summed E-state index contributed by atoms with van der Waals surface area (Å²) in [6.07, 6.45) is 13.1. The van der Waals surface area contributed by atoms with Crippen LogP contribution in [-0.4, -0.2) is 37.9 Å². The van der Waals surface area contributed by atoms with Crippen LogP contribution in [0.2, 0.25) is 0 Å². The zero-order chi connectivity index (χ0) is 24.5. The van der Waals surface area contributed by atoms with Gasteiger partial charge >= 0.3 is 5.97 Å². The number of hydrogen-bond acceptors (Lipinski definition) is 3. The fourth-order valence-corrected chi connectivity index (χ4v) is 4.26. The highest BCUT2D eigenvalue weighted by Crippen LogP contribution is 2.16. The minimum atomic E-state index is -0.203. The lowest BCUT2D eigenvalue weighted by molar-refractivity contribution is -0.903. The van der Waals surface area contributed by atoms with Crippen molar-refractivity contribution in [3.63, 3.8) is 0 Å². The molecule has 2 aromatic rings. The van der Waals surface area contributed by atoms with Crippen LogP contribution < -0.4 is 4.74 Å². The minimum Gasteiger partial charge on any atom is -0.457 e. The third-order valence-electron chi connectivity index (χ3n) is 6.29. The van der Waals surface area contributed by atoms with E-state index in [0.717, 1.165) is 36.2 Å². The molecular formula is C30H46NO3+. The molecule has 0 bridgehead atoms. The van der Waals surface area contributed by atoms with Gasteiger partial charge in [0.05, 0.1) is 27.1 Å². The van der Waals surface area contributed by atoms with E-state index in [1.165, 1.54) is 62.5 Å². The molecule has 2 aromatic carbocycles. The molecule has 0 saturated heterocycles. The molecule has 0 saturated carbocycles. The van der Waals surface area contributed by atoms with Crippen LogP contribution in [0.25, 0.3) is 0 Å². The lowest BCUT2D eigenvalue weighted by Crippen LogP contribution is -2.39. The summed E-state index contributed by atoms with van der Waals surface area (Å²) < 4.78 is 11.7. The third kappa shape index (κ3) is 12.8. The molecular weight excluding hydrogens is 422 g/mol. The summed E-state index contributed by atoms with van der Waals surface area (Å²) in [5.41, 5.74) is 2.65. The van der Waals surface area contributed by atoms with E-state index in [2.05, 4.69) is 57.4 Å². The van der Waals surface area contributed by atoms with Gasteiger partial charge in [0.25, 0.3) is 0 Å². The van der Waals surface area contributed by atoms with Gasteiger partial charge < -0.3 is 14.0 Å². The minimum absolute atomic E-state index is 0.0293. The van der Waals surface area contributed by atoms with Crippen molar-refractivity contribution in [1.82, 2.24) is 0 Å². The number of unbranched alkanes of at least 4 members (excludes halogenated alkanes) is 7. The van der Waals surface area contributed by atoms with Crippen LogP contribution in [0.15, 0.2) is 54.6 Å². The molecule has 0 amide bonds. The van der Waals surface area contributed by atoms with Crippen molar-refractivity contribution in [2.75, 3.05) is 27.4 Å². The molecule has 34 heavy (non-hydrogen) atoms. The molecule has 4 nitrogen and oxygen atoms in total. The average molecular weight is 469 g/mol. The molecule has 0 aliphatic heterocycles. The number of quaternary nitrogens is 1. The molecule has 0 fully saturated rings. The van der Waals surface area contributed by atoms with E-state index < -0.39 is 0 Å². The van der Waals surface area contributed by atoms with E-state index in [0.29, 0.717) is 6.42 Å². The Kier molecular flexibility index (Phi) is 13.4. The monoisotopic (exact) mass is 468 g/mol. The maximum atomic E-state index is 12.1. The molecule has 0 unspecified atom stereocenters. The Morgan fingerprint density at radius 1 is 0.765 bits per heavy atom. The third-order valence-corrected chi connectivity index (χ3v) is 6.29. The van der Waals surface area contributed by atoms with E-state index in [9.17, 15) is 4.79 Å². The zero-order valence-corrected chi connectivity index (χ0v) is 21.8. The fourth-order valence-electron chi connectivity index (χ4n) is 4.26. The molecule has 188 valence electrons. The van der Waals surface area contributed by atoms with Gasteiger partial charge in [-0.3, -0.25) is 4.79 Å². The Labute approximate surface area is 207 Å². The number of nitrogens with zero attached hydrogens (tertiary/aromatic N) is 1. The van der Waals surface area contributed by atoms with Gasteiger partial charge in [0.15, 0.2) is 0 Å². The van der Waals surface area contributed by atoms with Gasteiger partial charge in [0, 0.05) is 12.0 Å². The van der Waals surface area contributed by atoms with Crippen molar-refractivity contribution in [3.05, 3.63) is 65.7 Å². The van der Waals surface area contributed by atoms with Crippen molar-refractivity contribution in [2.45, 2.75) is 84.1 Å². The smallest absolute Gasteiger partial charge is 0.308 e. The standard InChI is InChI=1S/C30H46NO3/c1-4-5-6-7-8-9-10-12-16-27-20-22-29(23-21-27)33-26-34-30(32)19-15-24-31(2,3)25-28-17-13-11-14-18-28/h11,13-14,17-18,20-23H,4-10,12,15-16,19,24-26H2,1-3H3/q+1. The maximum absolute atomic E-state index is 12.1. The first-order valence-electron chi connectivity index (χ1n) is 13.2. The first-order valence-corrected chi connectivity index (χ1v) is 13.2. The first kappa shape index (κ1) is 27.9. The number of aryl methyl sites for hydroxylation is 1. The van der Waals surface area contributed by atoms with E-state index in [-0.39, 0.29) is 12.8 Å². The normalized spacial score (nSPS) is 11.4. The van der Waals surface area contributed by atoms with E-state index in [1.807, 2.05) is 18.2 Å². The van der Waals surface area contributed by atoms with E-state index >= 15 is 0 Å². The van der Waals surface area contributed by atoms with Crippen LogP contribution in [0.5, 0.6) is 5.75 Å². The summed E-state index contributed by atoms with van der Waals surface area (Å²) in [5.74, 6) is 0.541. The lowest BCUT2D eigenvalue weighted by atomic mass is 10.0. The lowest BCUT2D eigenvalue weighted by Gasteiger charge is -2.29. The quantitative estimate of drug-likeness (QED) is 0.0996. The van der Waals surface area contributed by atoms with Crippen LogP contribution in [0.1, 0.15) is 82.3 Å². The molecule has 4 heteroatoms. The van der Waals surface area contributed by atoms with Gasteiger partial charge in [-0.05, 0) is 30.5 Å². The van der Waals surface area contributed by atoms with Crippen molar-refractivity contribution in [2.24, 2.45) is 0 Å². The molecule has 0 heterocycles. The molecule has 2 rings (SSSR count). The van der Waals surface area contributed by atoms with Crippen molar-refractivity contribution >= 4 is 5.97 Å². The highest BCUT2D eigenvalue weighted by Gasteiger charge is 2.16. The summed E-state index contributed by atoms with van der Waals surface area (Å²) in [5, 5.41) is 0. The summed E-state index contributed by atoms with van der Waals surface area (Å²) in [6.45, 7) is 4.11. The highest BCUT2D eigenvalue weighted by molar-refractivity contribution is 5.69. The maximum Gasteiger partial charge on any atom is 0.308 e. The molecule has 0 atom stereocenters. The van der Waals surface area contributed by atoms with Crippen LogP contribution in [0.3, 0.4) is 0 Å². The van der Waals surface area contributed by atoms with Crippen molar-refractivity contribution < 1.29 is 18.8 Å². The Bertz CT molecular complexity index is 786. The average Bonchev–Trinajstić information content (AvgIpc) is 2.82. The van der Waals surface area contributed by atoms with E-state index in [4.69, 9.17) is 9.47 Å². The number of rotatable bonds is 18. The Morgan fingerprint density at radius 2 is 1.41 bits per heavy atom. The number of esters is 1. The molecule has 0 spiro atoms. The predicted molar refractivity (Wildman–Crippen MR) is 141 cm³/mol. The number of carbonyl (C=O) groups excluding carboxylic acids is 1. The highest BCUT2D eigenvalue weighted by atomic mass is 16.7. The van der Waals surface area contributed by atoms with Gasteiger partial charge in [0.2, 0.25) is 6.79 Å². The second-order valence-electron chi connectivity index (χ2n) is 10.1. The molecule has 0 N–H and O–H groups in total. The second-order valence-corrected chi connectivity index (χ2v) is 10.1. The summed E-state index contributed by atoms with van der Waals surface area (Å²) >= 11 is 0. The number of benzene rings is 2. The Morgan fingerprint density at radius 3 is 2.09 bits per heavy atom. The summed E-state index contributed by atoms with van der Waals surface area (Å²) in [6, 6.07) is 18.6. The van der Waals surface area contributed by atoms with Crippen molar-refractivity contribution in [3.8, 4) is 5.75 Å². The zero-order valence-electron chi connectivity index (χ0n) is 21.8. The SMILES string of the molecule is CCCCCCCCCCc1ccc(OCOC(=O)CCC[N+](C)(C)Cc2ccccc2)cc1. The van der Waals surface area contributed by atoms with E-state index in [1.54, 1.807) is 0 Å². The molecule has 0 aliphatic carbocycles. The van der Waals surface area contributed by atoms with Gasteiger partial charge in [-0.15, -0.1) is 0 Å². The van der Waals surface area contributed by atoms with Gasteiger partial charge in [-0.25, -0.2) is 0 Å². The van der Waals surface area contributed by atoms with Crippen LogP contribution in [0, 0.1) is 0 Å². The first-order chi connectivity index (χ1) is 16.5. The second kappa shape index (κ2) is 16.3. The van der Waals surface area contributed by atoms with Crippen LogP contribution in [-0.2, 0) is 22.5 Å².